The van der Waals surface area contributed by atoms with Gasteiger partial charge in [0.1, 0.15) is 0 Å². The SMILES string of the molecule is Brc1cc2nc(c1)C[N-][C@@H]1CCCC[C@H]1[N-]CC[N-]C1CCCC[C@H]1[N-]C2.[Cl][Mn][Cl]. The first-order valence-corrected chi connectivity index (χ1v) is 14.9. The zero-order valence-corrected chi connectivity index (χ0v) is 21.5. The summed E-state index contributed by atoms with van der Waals surface area (Å²) in [5.74, 6) is 0. The van der Waals surface area contributed by atoms with Crippen LogP contribution in [0.4, 0.5) is 0 Å². The van der Waals surface area contributed by atoms with Crippen molar-refractivity contribution in [2.75, 3.05) is 13.1 Å². The quantitative estimate of drug-likeness (QED) is 0.307. The Kier molecular flexibility index (Phi) is 11.7. The zero-order chi connectivity index (χ0) is 21.2. The van der Waals surface area contributed by atoms with E-state index in [0.717, 1.165) is 41.8 Å². The number of nitrogens with zero attached hydrogens (tertiary/aromatic N) is 5. The second-order valence-electron chi connectivity index (χ2n) is 8.15. The number of hydrogen-bond donors (Lipinski definition) is 0. The molecule has 9 heteroatoms. The fraction of sp³-hybridized carbons (Fsp3) is 0.762. The molecule has 171 valence electrons. The standard InChI is InChI=1S/C21H30BrN5.2ClH.Mn/c22-15-11-16-13-25-20-7-3-1-5-18(20)23-9-10-24-19-6-2-4-8-21(19)26-14-17(12-15)27-16;;;/h11-12,18-21H,1-10,13-14H2;2*1H;/q-4;;;+2/p-2/t18-,19?,20-,21-;;;/m1.../s1. The molecule has 30 heavy (non-hydrogen) atoms. The number of pyridine rings is 1. The van der Waals surface area contributed by atoms with Gasteiger partial charge in [0.05, 0.1) is 0 Å². The topological polar surface area (TPSA) is 69.3 Å². The summed E-state index contributed by atoms with van der Waals surface area (Å²) in [4.78, 5) is 4.84. The van der Waals surface area contributed by atoms with E-state index in [9.17, 15) is 0 Å². The van der Waals surface area contributed by atoms with Gasteiger partial charge < -0.3 is 21.3 Å². The van der Waals surface area contributed by atoms with E-state index in [-0.39, 0.29) is 13.1 Å². The third-order valence-electron chi connectivity index (χ3n) is 6.09. The molecule has 2 fully saturated rings. The van der Waals surface area contributed by atoms with E-state index in [0.29, 0.717) is 37.3 Å². The molecule has 0 radical (unpaired) electrons. The molecule has 2 bridgehead atoms. The minimum absolute atomic E-state index is 0.00694. The summed E-state index contributed by atoms with van der Waals surface area (Å²) in [5, 5.41) is 20.0. The Hall–Kier alpha value is 0.569. The predicted octanol–water partition coefficient (Wildman–Crippen LogP) is 7.35. The molecule has 0 aromatic carbocycles. The fourth-order valence-corrected chi connectivity index (χ4v) is 5.20. The van der Waals surface area contributed by atoms with E-state index >= 15 is 0 Å². The average molecular weight is 558 g/mol. The summed E-state index contributed by atoms with van der Waals surface area (Å²) < 4.78 is 1.08. The average Bonchev–Trinajstić information content (AvgIpc) is 2.75. The summed E-state index contributed by atoms with van der Waals surface area (Å²) in [6, 6.07) is 5.63. The first-order valence-electron chi connectivity index (χ1n) is 10.9. The molecule has 0 amide bonds. The van der Waals surface area contributed by atoms with E-state index in [4.69, 9.17) is 46.4 Å². The van der Waals surface area contributed by atoms with Gasteiger partial charge >= 0.3 is 33.3 Å². The van der Waals surface area contributed by atoms with Gasteiger partial charge in [-0.05, 0) is 12.1 Å². The molecule has 4 atom stereocenters. The normalized spacial score (nSPS) is 30.5. The van der Waals surface area contributed by atoms with E-state index < -0.39 is 0 Å². The summed E-state index contributed by atoms with van der Waals surface area (Å²) in [5.41, 5.74) is 2.08. The molecular weight excluding hydrogens is 528 g/mol. The van der Waals surface area contributed by atoms with Crippen molar-refractivity contribution in [2.45, 2.75) is 88.6 Å². The molecule has 0 spiro atoms. The molecule has 1 aliphatic heterocycles. The van der Waals surface area contributed by atoms with Crippen molar-refractivity contribution in [1.29, 1.82) is 0 Å². The van der Waals surface area contributed by atoms with Crippen LogP contribution in [0.25, 0.3) is 21.3 Å². The minimum atomic E-state index is 0.00694. The molecule has 2 heterocycles. The van der Waals surface area contributed by atoms with Crippen molar-refractivity contribution in [2.24, 2.45) is 0 Å². The molecule has 4 rings (SSSR count). The first-order chi connectivity index (χ1) is 14.7. The third kappa shape index (κ3) is 8.17. The summed E-state index contributed by atoms with van der Waals surface area (Å²) >= 11 is 3.65. The van der Waals surface area contributed by atoms with Crippen molar-refractivity contribution >= 4 is 36.1 Å². The van der Waals surface area contributed by atoms with Gasteiger partial charge in [0.15, 0.2) is 0 Å². The monoisotopic (exact) mass is 556 g/mol. The molecule has 3 aliphatic rings. The summed E-state index contributed by atoms with van der Waals surface area (Å²) in [7, 11) is 9.59. The van der Waals surface area contributed by atoms with Gasteiger partial charge in [-0.1, -0.05) is 67.3 Å². The fourth-order valence-electron chi connectivity index (χ4n) is 4.67. The van der Waals surface area contributed by atoms with Crippen molar-refractivity contribution in [3.8, 4) is 0 Å². The van der Waals surface area contributed by atoms with Crippen LogP contribution < -0.4 is 0 Å². The number of halogens is 3. The zero-order valence-electron chi connectivity index (χ0n) is 17.2. The predicted molar refractivity (Wildman–Crippen MR) is 126 cm³/mol. The molecule has 1 unspecified atom stereocenters. The van der Waals surface area contributed by atoms with Gasteiger partial charge in [-0.2, -0.15) is 37.3 Å². The molecule has 1 aromatic heterocycles. The van der Waals surface area contributed by atoms with Crippen LogP contribution in [-0.4, -0.2) is 42.2 Å². The molecule has 0 N–H and O–H groups in total. The first kappa shape index (κ1) is 25.2. The van der Waals surface area contributed by atoms with E-state index in [1.54, 1.807) is 0 Å². The second kappa shape index (κ2) is 14.0. The molecule has 1 aromatic rings. The van der Waals surface area contributed by atoms with Crippen LogP contribution in [0.5, 0.6) is 0 Å². The van der Waals surface area contributed by atoms with Crippen LogP contribution in [0.15, 0.2) is 16.6 Å². The molecule has 5 nitrogen and oxygen atoms in total. The van der Waals surface area contributed by atoms with E-state index in [1.807, 2.05) is 0 Å². The molecular formula is C21H30BrCl2MnN5-4. The van der Waals surface area contributed by atoms with Crippen molar-refractivity contribution < 1.29 is 13.1 Å². The molecule has 0 saturated heterocycles. The Balaban J connectivity index is 0.000000806. The Bertz CT molecular complexity index is 593. The Labute approximate surface area is 204 Å². The maximum absolute atomic E-state index is 5.01. The van der Waals surface area contributed by atoms with Crippen LogP contribution in [-0.2, 0) is 26.2 Å². The third-order valence-corrected chi connectivity index (χ3v) is 6.54. The summed E-state index contributed by atoms with van der Waals surface area (Å²) in [6.07, 6.45) is 9.76. The van der Waals surface area contributed by atoms with Gasteiger partial charge in [-0.3, -0.25) is 4.98 Å². The van der Waals surface area contributed by atoms with Gasteiger partial charge in [0, 0.05) is 15.9 Å². The van der Waals surface area contributed by atoms with Crippen molar-refractivity contribution in [1.82, 2.24) is 4.98 Å². The number of hydrogen-bond acceptors (Lipinski definition) is 1. The Morgan fingerprint density at radius 1 is 0.733 bits per heavy atom. The molecule has 2 aliphatic carbocycles. The van der Waals surface area contributed by atoms with Gasteiger partial charge in [0.2, 0.25) is 0 Å². The van der Waals surface area contributed by atoms with Gasteiger partial charge in [0.25, 0.3) is 0 Å². The second-order valence-corrected chi connectivity index (χ2v) is 11.0. The van der Waals surface area contributed by atoms with Crippen LogP contribution in [0.3, 0.4) is 0 Å². The van der Waals surface area contributed by atoms with Crippen LogP contribution in [0.2, 0.25) is 0 Å². The van der Waals surface area contributed by atoms with Crippen molar-refractivity contribution in [3.05, 3.63) is 49.3 Å². The van der Waals surface area contributed by atoms with Crippen LogP contribution in [0.1, 0.15) is 62.8 Å². The van der Waals surface area contributed by atoms with Crippen LogP contribution >= 0.6 is 36.1 Å². The van der Waals surface area contributed by atoms with Crippen LogP contribution in [0, 0.1) is 0 Å². The van der Waals surface area contributed by atoms with Gasteiger partial charge in [-0.15, -0.1) is 13.1 Å². The van der Waals surface area contributed by atoms with E-state index in [1.165, 1.54) is 38.5 Å². The summed E-state index contributed by atoms with van der Waals surface area (Å²) in [6.45, 7) is 3.05. The number of fused-ring (bicyclic) bond motifs is 4. The van der Waals surface area contributed by atoms with Crippen molar-refractivity contribution in [3.63, 3.8) is 0 Å². The number of rotatable bonds is 0. The molecule has 2 saturated carbocycles. The Morgan fingerprint density at radius 2 is 1.10 bits per heavy atom. The maximum atomic E-state index is 5.01. The van der Waals surface area contributed by atoms with Gasteiger partial charge in [-0.25, -0.2) is 0 Å². The number of aromatic nitrogens is 1. The van der Waals surface area contributed by atoms with E-state index in [2.05, 4.69) is 28.1 Å². The Morgan fingerprint density at radius 3 is 1.50 bits per heavy atom.